The molecule has 0 spiro atoms. The van der Waals surface area contributed by atoms with Crippen molar-refractivity contribution in [2.75, 3.05) is 11.9 Å². The molecular weight excluding hydrogens is 162 g/mol. The monoisotopic (exact) mass is 173 g/mol. The van der Waals surface area contributed by atoms with E-state index in [0.29, 0.717) is 11.6 Å². The SMILES string of the molecule is CN(c1cc(C#N)ccn1)C1CC1. The number of aromatic nitrogens is 1. The molecule has 1 aliphatic carbocycles. The fourth-order valence-electron chi connectivity index (χ4n) is 1.33. The molecule has 1 aliphatic rings. The highest BCUT2D eigenvalue weighted by Gasteiger charge is 2.26. The minimum atomic E-state index is 0.640. The van der Waals surface area contributed by atoms with E-state index in [9.17, 15) is 0 Å². The van der Waals surface area contributed by atoms with Gasteiger partial charge < -0.3 is 4.90 Å². The Bertz CT molecular complexity index is 349. The van der Waals surface area contributed by atoms with Crippen LogP contribution >= 0.6 is 0 Å². The van der Waals surface area contributed by atoms with Gasteiger partial charge in [0.05, 0.1) is 11.6 Å². The predicted molar refractivity (Wildman–Crippen MR) is 50.4 cm³/mol. The topological polar surface area (TPSA) is 39.9 Å². The number of pyridine rings is 1. The van der Waals surface area contributed by atoms with Gasteiger partial charge in [0.15, 0.2) is 0 Å². The maximum Gasteiger partial charge on any atom is 0.129 e. The van der Waals surface area contributed by atoms with Gasteiger partial charge in [-0.2, -0.15) is 5.26 Å². The van der Waals surface area contributed by atoms with Crippen molar-refractivity contribution in [1.29, 1.82) is 5.26 Å². The first-order chi connectivity index (χ1) is 6.31. The highest BCUT2D eigenvalue weighted by molar-refractivity contribution is 5.45. The van der Waals surface area contributed by atoms with Crippen molar-refractivity contribution in [3.05, 3.63) is 23.9 Å². The summed E-state index contributed by atoms with van der Waals surface area (Å²) in [6.07, 6.45) is 4.18. The molecule has 0 amide bonds. The Labute approximate surface area is 77.6 Å². The van der Waals surface area contributed by atoms with Crippen molar-refractivity contribution in [1.82, 2.24) is 4.98 Å². The van der Waals surface area contributed by atoms with Gasteiger partial charge in [-0.25, -0.2) is 4.98 Å². The molecule has 0 atom stereocenters. The average Bonchev–Trinajstić information content (AvgIpc) is 3.00. The molecule has 2 rings (SSSR count). The smallest absolute Gasteiger partial charge is 0.129 e. The van der Waals surface area contributed by atoms with Crippen LogP contribution in [0.15, 0.2) is 18.3 Å². The molecular formula is C10H11N3. The first-order valence-electron chi connectivity index (χ1n) is 4.40. The first kappa shape index (κ1) is 8.06. The molecule has 13 heavy (non-hydrogen) atoms. The van der Waals surface area contributed by atoms with Gasteiger partial charge in [-0.1, -0.05) is 0 Å². The van der Waals surface area contributed by atoms with E-state index in [4.69, 9.17) is 5.26 Å². The molecule has 0 radical (unpaired) electrons. The molecule has 0 bridgehead atoms. The number of anilines is 1. The van der Waals surface area contributed by atoms with Gasteiger partial charge in [0.2, 0.25) is 0 Å². The lowest BCUT2D eigenvalue weighted by Crippen LogP contribution is -2.20. The largest absolute Gasteiger partial charge is 0.357 e. The molecule has 0 saturated heterocycles. The van der Waals surface area contributed by atoms with Crippen LogP contribution in [0.4, 0.5) is 5.82 Å². The van der Waals surface area contributed by atoms with Crippen LogP contribution in [0.5, 0.6) is 0 Å². The minimum Gasteiger partial charge on any atom is -0.357 e. The molecule has 1 aromatic rings. The average molecular weight is 173 g/mol. The van der Waals surface area contributed by atoms with Crippen molar-refractivity contribution in [2.24, 2.45) is 0 Å². The predicted octanol–water partition coefficient (Wildman–Crippen LogP) is 1.55. The summed E-state index contributed by atoms with van der Waals surface area (Å²) in [5.74, 6) is 0.904. The van der Waals surface area contributed by atoms with Gasteiger partial charge in [0.1, 0.15) is 5.82 Å². The van der Waals surface area contributed by atoms with Gasteiger partial charge in [-0.3, -0.25) is 0 Å². The Balaban J connectivity index is 2.24. The molecule has 3 nitrogen and oxygen atoms in total. The van der Waals surface area contributed by atoms with E-state index in [1.807, 2.05) is 13.1 Å². The lowest BCUT2D eigenvalue weighted by molar-refractivity contribution is 0.891. The van der Waals surface area contributed by atoms with Crippen molar-refractivity contribution in [2.45, 2.75) is 18.9 Å². The molecule has 1 saturated carbocycles. The zero-order chi connectivity index (χ0) is 9.26. The van der Waals surface area contributed by atoms with Crippen molar-refractivity contribution in [3.63, 3.8) is 0 Å². The molecule has 1 aromatic heterocycles. The Kier molecular flexibility index (Phi) is 1.90. The van der Waals surface area contributed by atoms with Crippen LogP contribution < -0.4 is 4.90 Å². The molecule has 1 heterocycles. The van der Waals surface area contributed by atoms with Crippen molar-refractivity contribution >= 4 is 5.82 Å². The second kappa shape index (κ2) is 3.06. The van der Waals surface area contributed by atoms with Gasteiger partial charge in [-0.15, -0.1) is 0 Å². The summed E-state index contributed by atoms with van der Waals surface area (Å²) in [5.41, 5.74) is 0.678. The molecule has 0 unspecified atom stereocenters. The Morgan fingerprint density at radius 2 is 2.38 bits per heavy atom. The molecule has 1 fully saturated rings. The van der Waals surface area contributed by atoms with Crippen molar-refractivity contribution in [3.8, 4) is 6.07 Å². The number of hydrogen-bond acceptors (Lipinski definition) is 3. The molecule has 0 aliphatic heterocycles. The lowest BCUT2D eigenvalue weighted by Gasteiger charge is -2.16. The van der Waals surface area contributed by atoms with E-state index in [0.717, 1.165) is 5.82 Å². The third kappa shape index (κ3) is 1.62. The second-order valence-corrected chi connectivity index (χ2v) is 3.36. The molecule has 0 aromatic carbocycles. The number of nitrogens with zero attached hydrogens (tertiary/aromatic N) is 3. The zero-order valence-electron chi connectivity index (χ0n) is 7.57. The summed E-state index contributed by atoms with van der Waals surface area (Å²) in [6, 6.07) is 6.31. The summed E-state index contributed by atoms with van der Waals surface area (Å²) in [5, 5.41) is 8.70. The standard InChI is InChI=1S/C10H11N3/c1-13(9-2-3-9)10-6-8(7-11)4-5-12-10/h4-6,9H,2-3H2,1H3. The third-order valence-electron chi connectivity index (χ3n) is 2.33. The molecule has 0 N–H and O–H groups in total. The van der Waals surface area contributed by atoms with Gasteiger partial charge >= 0.3 is 0 Å². The maximum atomic E-state index is 8.70. The van der Waals surface area contributed by atoms with Crippen molar-refractivity contribution < 1.29 is 0 Å². The Morgan fingerprint density at radius 1 is 1.62 bits per heavy atom. The van der Waals surface area contributed by atoms with E-state index >= 15 is 0 Å². The van der Waals surface area contributed by atoms with Crippen LogP contribution in [0.3, 0.4) is 0 Å². The Hall–Kier alpha value is -1.56. The molecule has 3 heteroatoms. The van der Waals surface area contributed by atoms with Crippen LogP contribution in [0.1, 0.15) is 18.4 Å². The van der Waals surface area contributed by atoms with Crippen LogP contribution in [-0.4, -0.2) is 18.1 Å². The number of nitriles is 1. The number of hydrogen-bond donors (Lipinski definition) is 0. The van der Waals surface area contributed by atoms with Gasteiger partial charge in [0.25, 0.3) is 0 Å². The lowest BCUT2D eigenvalue weighted by atomic mass is 10.3. The first-order valence-corrected chi connectivity index (χ1v) is 4.40. The summed E-state index contributed by atoms with van der Waals surface area (Å²) in [4.78, 5) is 6.36. The van der Waals surface area contributed by atoms with E-state index < -0.39 is 0 Å². The minimum absolute atomic E-state index is 0.640. The fourth-order valence-corrected chi connectivity index (χ4v) is 1.33. The summed E-state index contributed by atoms with van der Waals surface area (Å²) < 4.78 is 0. The highest BCUT2D eigenvalue weighted by Crippen LogP contribution is 2.28. The Morgan fingerprint density at radius 3 is 3.00 bits per heavy atom. The highest BCUT2D eigenvalue weighted by atomic mass is 15.2. The molecule has 66 valence electrons. The van der Waals surface area contributed by atoms with Crippen LogP contribution in [0.25, 0.3) is 0 Å². The zero-order valence-corrected chi connectivity index (χ0v) is 7.57. The fraction of sp³-hybridized carbons (Fsp3) is 0.400. The summed E-state index contributed by atoms with van der Waals surface area (Å²) in [7, 11) is 2.03. The van der Waals surface area contributed by atoms with Crippen LogP contribution in [-0.2, 0) is 0 Å². The quantitative estimate of drug-likeness (QED) is 0.681. The van der Waals surface area contributed by atoms with Crippen LogP contribution in [0, 0.1) is 11.3 Å². The normalized spacial score (nSPS) is 15.1. The third-order valence-corrected chi connectivity index (χ3v) is 2.33. The van der Waals surface area contributed by atoms with E-state index in [1.165, 1.54) is 12.8 Å². The summed E-state index contributed by atoms with van der Waals surface area (Å²) >= 11 is 0. The van der Waals surface area contributed by atoms with Crippen LogP contribution in [0.2, 0.25) is 0 Å². The van der Waals surface area contributed by atoms with E-state index in [-0.39, 0.29) is 0 Å². The van der Waals surface area contributed by atoms with E-state index in [2.05, 4.69) is 16.0 Å². The summed E-state index contributed by atoms with van der Waals surface area (Å²) in [6.45, 7) is 0. The second-order valence-electron chi connectivity index (χ2n) is 3.36. The van der Waals surface area contributed by atoms with E-state index in [1.54, 1.807) is 12.3 Å². The van der Waals surface area contributed by atoms with Gasteiger partial charge in [-0.05, 0) is 25.0 Å². The number of rotatable bonds is 2. The van der Waals surface area contributed by atoms with Gasteiger partial charge in [0, 0.05) is 19.3 Å². The maximum absolute atomic E-state index is 8.70.